The Bertz CT molecular complexity index is 339. The Morgan fingerprint density at radius 2 is 2.00 bits per heavy atom. The minimum Gasteiger partial charge on any atom is -0.396 e. The fourth-order valence-corrected chi connectivity index (χ4v) is 2.40. The Morgan fingerprint density at radius 3 is 2.42 bits per heavy atom. The highest BCUT2D eigenvalue weighted by atomic mass is 16.3. The molecule has 0 bridgehead atoms. The number of aliphatic hydroxyl groups excluding tert-OH is 1. The molecule has 1 aromatic rings. The lowest BCUT2D eigenvalue weighted by Crippen LogP contribution is -2.39. The van der Waals surface area contributed by atoms with E-state index in [9.17, 15) is 5.11 Å². The highest BCUT2D eigenvalue weighted by Crippen LogP contribution is 2.27. The van der Waals surface area contributed by atoms with Gasteiger partial charge in [0.25, 0.3) is 0 Å². The second kappa shape index (κ2) is 7.61. The van der Waals surface area contributed by atoms with Crippen LogP contribution < -0.4 is 5.32 Å². The van der Waals surface area contributed by atoms with Gasteiger partial charge in [0.1, 0.15) is 0 Å². The average molecular weight is 264 g/mol. The lowest BCUT2D eigenvalue weighted by molar-refractivity contribution is 0.107. The second-order valence-corrected chi connectivity index (χ2v) is 5.75. The molecular formula is C16H28N2O. The Balaban J connectivity index is 2.76. The largest absolute Gasteiger partial charge is 0.396 e. The zero-order valence-electron chi connectivity index (χ0n) is 12.7. The third-order valence-electron chi connectivity index (χ3n) is 4.24. The Kier molecular flexibility index (Phi) is 6.46. The average Bonchev–Trinajstić information content (AvgIpc) is 2.45. The van der Waals surface area contributed by atoms with Gasteiger partial charge in [0.05, 0.1) is 0 Å². The van der Waals surface area contributed by atoms with Crippen LogP contribution in [0.25, 0.3) is 0 Å². The molecule has 0 fully saturated rings. The molecule has 0 aromatic carbocycles. The molecule has 1 unspecified atom stereocenters. The zero-order chi connectivity index (χ0) is 14.3. The van der Waals surface area contributed by atoms with E-state index in [1.807, 2.05) is 12.3 Å². The molecule has 108 valence electrons. The van der Waals surface area contributed by atoms with Gasteiger partial charge in [0.15, 0.2) is 0 Å². The van der Waals surface area contributed by atoms with Crippen LogP contribution in [0.4, 0.5) is 0 Å². The summed E-state index contributed by atoms with van der Waals surface area (Å²) in [6.07, 6.45) is 5.71. The van der Waals surface area contributed by atoms with E-state index < -0.39 is 0 Å². The van der Waals surface area contributed by atoms with Crippen LogP contribution in [-0.4, -0.2) is 23.2 Å². The molecule has 0 amide bonds. The third kappa shape index (κ3) is 4.29. The quantitative estimate of drug-likeness (QED) is 0.758. The first kappa shape index (κ1) is 16.1. The summed E-state index contributed by atoms with van der Waals surface area (Å²) >= 11 is 0. The van der Waals surface area contributed by atoms with Crippen LogP contribution in [0.15, 0.2) is 24.5 Å². The molecule has 19 heavy (non-hydrogen) atoms. The molecule has 0 spiro atoms. The summed E-state index contributed by atoms with van der Waals surface area (Å²) in [6, 6.07) is 4.38. The number of nitrogens with zero attached hydrogens (tertiary/aromatic N) is 1. The minimum absolute atomic E-state index is 0.00461. The van der Waals surface area contributed by atoms with E-state index in [0.717, 1.165) is 19.4 Å². The van der Waals surface area contributed by atoms with Crippen LogP contribution in [0, 0.1) is 11.3 Å². The number of rotatable bonds is 8. The van der Waals surface area contributed by atoms with Gasteiger partial charge in [0.2, 0.25) is 0 Å². The van der Waals surface area contributed by atoms with Crippen molar-refractivity contribution in [2.75, 3.05) is 13.2 Å². The van der Waals surface area contributed by atoms with Crippen LogP contribution in [-0.2, 0) is 0 Å². The molecule has 1 heterocycles. The summed E-state index contributed by atoms with van der Waals surface area (Å²) in [6.45, 7) is 9.80. The van der Waals surface area contributed by atoms with Gasteiger partial charge in [-0.05, 0) is 30.4 Å². The molecule has 0 aliphatic heterocycles. The van der Waals surface area contributed by atoms with Crippen molar-refractivity contribution < 1.29 is 5.11 Å². The molecule has 0 aliphatic carbocycles. The summed E-state index contributed by atoms with van der Waals surface area (Å²) in [5.74, 6) is 0.495. The fourth-order valence-electron chi connectivity index (χ4n) is 2.40. The SMILES string of the molecule is CCC(CC)(CO)CNC(c1cccnc1)C(C)C. The van der Waals surface area contributed by atoms with Gasteiger partial charge in [-0.25, -0.2) is 0 Å². The number of aliphatic hydroxyl groups is 1. The van der Waals surface area contributed by atoms with Gasteiger partial charge < -0.3 is 10.4 Å². The first-order chi connectivity index (χ1) is 9.08. The van der Waals surface area contributed by atoms with Gasteiger partial charge in [-0.1, -0.05) is 33.8 Å². The maximum atomic E-state index is 9.65. The van der Waals surface area contributed by atoms with E-state index >= 15 is 0 Å². The molecule has 0 saturated carbocycles. The number of nitrogens with one attached hydrogen (secondary N) is 1. The molecule has 3 heteroatoms. The molecule has 1 rings (SSSR count). The Labute approximate surface area is 117 Å². The van der Waals surface area contributed by atoms with Gasteiger partial charge >= 0.3 is 0 Å². The van der Waals surface area contributed by atoms with E-state index in [1.54, 1.807) is 6.20 Å². The van der Waals surface area contributed by atoms with Crippen molar-refractivity contribution in [1.29, 1.82) is 0 Å². The molecule has 2 N–H and O–H groups in total. The molecule has 1 aromatic heterocycles. The van der Waals surface area contributed by atoms with Crippen molar-refractivity contribution in [2.45, 2.75) is 46.6 Å². The lowest BCUT2D eigenvalue weighted by Gasteiger charge is -2.33. The first-order valence-corrected chi connectivity index (χ1v) is 7.32. The van der Waals surface area contributed by atoms with E-state index in [2.05, 4.69) is 44.1 Å². The van der Waals surface area contributed by atoms with E-state index in [4.69, 9.17) is 0 Å². The van der Waals surface area contributed by atoms with Crippen molar-refractivity contribution in [1.82, 2.24) is 10.3 Å². The fraction of sp³-hybridized carbons (Fsp3) is 0.688. The molecule has 0 aliphatic rings. The molecule has 0 saturated heterocycles. The van der Waals surface area contributed by atoms with E-state index in [-0.39, 0.29) is 18.1 Å². The minimum atomic E-state index is -0.00461. The number of hydrogen-bond acceptors (Lipinski definition) is 3. The number of pyridine rings is 1. The van der Waals surface area contributed by atoms with Crippen molar-refractivity contribution in [3.05, 3.63) is 30.1 Å². The molecule has 3 nitrogen and oxygen atoms in total. The predicted molar refractivity (Wildman–Crippen MR) is 79.9 cm³/mol. The van der Waals surface area contributed by atoms with Crippen molar-refractivity contribution in [2.24, 2.45) is 11.3 Å². The number of aromatic nitrogens is 1. The third-order valence-corrected chi connectivity index (χ3v) is 4.24. The molecule has 0 radical (unpaired) electrons. The highest BCUT2D eigenvalue weighted by molar-refractivity contribution is 5.14. The molecular weight excluding hydrogens is 236 g/mol. The van der Waals surface area contributed by atoms with Gasteiger partial charge in [-0.2, -0.15) is 0 Å². The van der Waals surface area contributed by atoms with Gasteiger partial charge in [-0.15, -0.1) is 0 Å². The number of hydrogen-bond donors (Lipinski definition) is 2. The Morgan fingerprint density at radius 1 is 1.32 bits per heavy atom. The van der Waals surface area contributed by atoms with Crippen LogP contribution in [0.5, 0.6) is 0 Å². The molecule has 1 atom stereocenters. The zero-order valence-corrected chi connectivity index (χ0v) is 12.7. The van der Waals surface area contributed by atoms with E-state index in [0.29, 0.717) is 5.92 Å². The lowest BCUT2D eigenvalue weighted by atomic mass is 9.82. The van der Waals surface area contributed by atoms with E-state index in [1.165, 1.54) is 5.56 Å². The van der Waals surface area contributed by atoms with Crippen LogP contribution >= 0.6 is 0 Å². The van der Waals surface area contributed by atoms with Crippen LogP contribution in [0.1, 0.15) is 52.1 Å². The summed E-state index contributed by atoms with van der Waals surface area (Å²) in [7, 11) is 0. The predicted octanol–water partition coefficient (Wildman–Crippen LogP) is 3.17. The maximum Gasteiger partial charge on any atom is 0.0499 e. The summed E-state index contributed by atoms with van der Waals surface area (Å²) in [4.78, 5) is 4.20. The highest BCUT2D eigenvalue weighted by Gasteiger charge is 2.27. The van der Waals surface area contributed by atoms with Gasteiger partial charge in [-0.3, -0.25) is 4.98 Å². The normalized spacial score (nSPS) is 13.8. The summed E-state index contributed by atoms with van der Waals surface area (Å²) in [5, 5.41) is 13.3. The van der Waals surface area contributed by atoms with Crippen molar-refractivity contribution in [3.8, 4) is 0 Å². The van der Waals surface area contributed by atoms with Crippen molar-refractivity contribution in [3.63, 3.8) is 0 Å². The second-order valence-electron chi connectivity index (χ2n) is 5.75. The van der Waals surface area contributed by atoms with Crippen molar-refractivity contribution >= 4 is 0 Å². The summed E-state index contributed by atoms with van der Waals surface area (Å²) < 4.78 is 0. The standard InChI is InChI=1S/C16H28N2O/c1-5-16(6-2,12-19)11-18-15(13(3)4)14-8-7-9-17-10-14/h7-10,13,15,18-19H,5-6,11-12H2,1-4H3. The maximum absolute atomic E-state index is 9.65. The van der Waals surface area contributed by atoms with Crippen LogP contribution in [0.3, 0.4) is 0 Å². The van der Waals surface area contributed by atoms with Gasteiger partial charge in [0, 0.05) is 37.0 Å². The first-order valence-electron chi connectivity index (χ1n) is 7.32. The topological polar surface area (TPSA) is 45.1 Å². The summed E-state index contributed by atoms with van der Waals surface area (Å²) in [5.41, 5.74) is 1.21. The smallest absolute Gasteiger partial charge is 0.0499 e. The Hall–Kier alpha value is -0.930. The monoisotopic (exact) mass is 264 g/mol. The van der Waals surface area contributed by atoms with Crippen LogP contribution in [0.2, 0.25) is 0 Å².